The van der Waals surface area contributed by atoms with Gasteiger partial charge in [-0.3, -0.25) is 5.32 Å². The van der Waals surface area contributed by atoms with Gasteiger partial charge in [-0.25, -0.2) is 9.78 Å². The van der Waals surface area contributed by atoms with Crippen LogP contribution in [0.3, 0.4) is 0 Å². The summed E-state index contributed by atoms with van der Waals surface area (Å²) in [6, 6.07) is 0.0922. The molecule has 17 heavy (non-hydrogen) atoms. The SMILES string of the molecule is CC(O)c1csc(NC(=O)NC2CCCC2)n1. The van der Waals surface area contributed by atoms with Crippen molar-refractivity contribution in [2.24, 2.45) is 0 Å². The largest absolute Gasteiger partial charge is 0.387 e. The number of anilines is 1. The lowest BCUT2D eigenvalue weighted by atomic mass is 10.3. The number of carbonyl (C=O) groups excluding carboxylic acids is 1. The van der Waals surface area contributed by atoms with Crippen LogP contribution in [-0.4, -0.2) is 22.2 Å². The fourth-order valence-electron chi connectivity index (χ4n) is 1.92. The smallest absolute Gasteiger partial charge is 0.321 e. The number of aromatic nitrogens is 1. The molecule has 0 radical (unpaired) electrons. The maximum atomic E-state index is 11.6. The van der Waals surface area contributed by atoms with E-state index in [4.69, 9.17) is 0 Å². The van der Waals surface area contributed by atoms with E-state index in [1.807, 2.05) is 0 Å². The van der Waals surface area contributed by atoms with Crippen molar-refractivity contribution in [2.75, 3.05) is 5.32 Å². The van der Waals surface area contributed by atoms with Crippen molar-refractivity contribution in [2.45, 2.75) is 44.8 Å². The minimum Gasteiger partial charge on any atom is -0.387 e. The van der Waals surface area contributed by atoms with Crippen molar-refractivity contribution in [3.8, 4) is 0 Å². The van der Waals surface area contributed by atoms with Crippen molar-refractivity contribution in [1.82, 2.24) is 10.3 Å². The van der Waals surface area contributed by atoms with E-state index in [-0.39, 0.29) is 6.03 Å². The second kappa shape index (κ2) is 5.46. The highest BCUT2D eigenvalue weighted by Crippen LogP contribution is 2.21. The van der Waals surface area contributed by atoms with Crippen LogP contribution in [0.25, 0.3) is 0 Å². The van der Waals surface area contributed by atoms with Crippen LogP contribution in [0.4, 0.5) is 9.93 Å². The summed E-state index contributed by atoms with van der Waals surface area (Å²) in [5.74, 6) is 0. The number of nitrogens with zero attached hydrogens (tertiary/aromatic N) is 1. The number of amides is 2. The summed E-state index contributed by atoms with van der Waals surface area (Å²) in [6.07, 6.45) is 3.90. The molecule has 0 aliphatic heterocycles. The topological polar surface area (TPSA) is 74.2 Å². The summed E-state index contributed by atoms with van der Waals surface area (Å²) in [6.45, 7) is 1.65. The van der Waals surface area contributed by atoms with E-state index in [0.717, 1.165) is 12.8 Å². The normalized spacial score (nSPS) is 18.0. The zero-order valence-corrected chi connectivity index (χ0v) is 10.6. The van der Waals surface area contributed by atoms with Gasteiger partial charge in [-0.05, 0) is 19.8 Å². The van der Waals surface area contributed by atoms with Crippen LogP contribution in [0, 0.1) is 0 Å². The zero-order valence-electron chi connectivity index (χ0n) is 9.77. The number of nitrogens with one attached hydrogen (secondary N) is 2. The highest BCUT2D eigenvalue weighted by molar-refractivity contribution is 7.13. The molecule has 5 nitrogen and oxygen atoms in total. The summed E-state index contributed by atoms with van der Waals surface area (Å²) >= 11 is 1.32. The molecule has 1 aliphatic carbocycles. The Morgan fingerprint density at radius 2 is 2.29 bits per heavy atom. The van der Waals surface area contributed by atoms with E-state index in [1.165, 1.54) is 24.2 Å². The summed E-state index contributed by atoms with van der Waals surface area (Å²) in [7, 11) is 0. The molecule has 1 aromatic heterocycles. The molecule has 0 spiro atoms. The molecule has 0 aromatic carbocycles. The van der Waals surface area contributed by atoms with Crippen LogP contribution >= 0.6 is 11.3 Å². The van der Waals surface area contributed by atoms with Crippen LogP contribution in [0.5, 0.6) is 0 Å². The van der Waals surface area contributed by atoms with Crippen molar-refractivity contribution in [1.29, 1.82) is 0 Å². The second-order valence-corrected chi connectivity index (χ2v) is 5.19. The minimum absolute atomic E-state index is 0.205. The van der Waals surface area contributed by atoms with Gasteiger partial charge >= 0.3 is 6.03 Å². The lowest BCUT2D eigenvalue weighted by Gasteiger charge is -2.11. The minimum atomic E-state index is -0.598. The van der Waals surface area contributed by atoms with E-state index in [0.29, 0.717) is 16.9 Å². The van der Waals surface area contributed by atoms with Gasteiger partial charge in [0, 0.05) is 11.4 Å². The first-order valence-electron chi connectivity index (χ1n) is 5.86. The van der Waals surface area contributed by atoms with Gasteiger partial charge in [0.1, 0.15) is 0 Å². The molecule has 1 fully saturated rings. The first kappa shape index (κ1) is 12.3. The van der Waals surface area contributed by atoms with E-state index in [9.17, 15) is 9.90 Å². The molecule has 0 saturated heterocycles. The first-order valence-corrected chi connectivity index (χ1v) is 6.74. The van der Waals surface area contributed by atoms with Gasteiger partial charge < -0.3 is 10.4 Å². The Morgan fingerprint density at radius 3 is 2.88 bits per heavy atom. The first-order chi connectivity index (χ1) is 8.15. The zero-order chi connectivity index (χ0) is 12.3. The van der Waals surface area contributed by atoms with Crippen LogP contribution in [-0.2, 0) is 0 Å². The van der Waals surface area contributed by atoms with Crippen molar-refractivity contribution < 1.29 is 9.90 Å². The average Bonchev–Trinajstić information content (AvgIpc) is 2.88. The molecule has 6 heteroatoms. The molecule has 1 heterocycles. The summed E-state index contributed by atoms with van der Waals surface area (Å²) < 4.78 is 0. The monoisotopic (exact) mass is 255 g/mol. The van der Waals surface area contributed by atoms with Gasteiger partial charge in [0.15, 0.2) is 5.13 Å². The lowest BCUT2D eigenvalue weighted by molar-refractivity contribution is 0.195. The maximum Gasteiger partial charge on any atom is 0.321 e. The molecule has 1 aromatic rings. The van der Waals surface area contributed by atoms with Crippen LogP contribution in [0.1, 0.15) is 44.4 Å². The summed E-state index contributed by atoms with van der Waals surface area (Å²) in [5, 5.41) is 17.2. The van der Waals surface area contributed by atoms with Gasteiger partial charge in [0.25, 0.3) is 0 Å². The third-order valence-corrected chi connectivity index (χ3v) is 3.64. The number of aliphatic hydroxyl groups is 1. The molecule has 1 aliphatic rings. The summed E-state index contributed by atoms with van der Waals surface area (Å²) in [4.78, 5) is 15.8. The second-order valence-electron chi connectivity index (χ2n) is 4.33. The molecule has 2 amide bonds. The Balaban J connectivity index is 1.84. The van der Waals surface area contributed by atoms with Gasteiger partial charge in [-0.1, -0.05) is 12.8 Å². The number of urea groups is 1. The van der Waals surface area contributed by atoms with E-state index in [2.05, 4.69) is 15.6 Å². The number of hydrogen-bond donors (Lipinski definition) is 3. The maximum absolute atomic E-state index is 11.6. The Morgan fingerprint density at radius 1 is 1.59 bits per heavy atom. The molecule has 1 atom stereocenters. The van der Waals surface area contributed by atoms with Crippen molar-refractivity contribution >= 4 is 22.5 Å². The number of hydrogen-bond acceptors (Lipinski definition) is 4. The molecule has 1 saturated carbocycles. The van der Waals surface area contributed by atoms with Gasteiger partial charge in [-0.2, -0.15) is 0 Å². The standard InChI is InChI=1S/C11H17N3O2S/c1-7(15)9-6-17-11(13-9)14-10(16)12-8-4-2-3-5-8/h6-8,15H,2-5H2,1H3,(H2,12,13,14,16). The van der Waals surface area contributed by atoms with E-state index < -0.39 is 6.10 Å². The van der Waals surface area contributed by atoms with E-state index in [1.54, 1.807) is 12.3 Å². The average molecular weight is 255 g/mol. The molecule has 2 rings (SSSR count). The quantitative estimate of drug-likeness (QED) is 0.775. The van der Waals surface area contributed by atoms with Crippen LogP contribution in [0.2, 0.25) is 0 Å². The van der Waals surface area contributed by atoms with Gasteiger partial charge in [0.2, 0.25) is 0 Å². The summed E-state index contributed by atoms with van der Waals surface area (Å²) in [5.41, 5.74) is 0.589. The number of rotatable bonds is 3. The highest BCUT2D eigenvalue weighted by Gasteiger charge is 2.17. The van der Waals surface area contributed by atoms with Crippen LogP contribution < -0.4 is 10.6 Å². The predicted octanol–water partition coefficient (Wildman–Crippen LogP) is 2.26. The third kappa shape index (κ3) is 3.41. The molecule has 1 unspecified atom stereocenters. The highest BCUT2D eigenvalue weighted by atomic mass is 32.1. The van der Waals surface area contributed by atoms with Crippen LogP contribution in [0.15, 0.2) is 5.38 Å². The fourth-order valence-corrected chi connectivity index (χ4v) is 2.72. The third-order valence-electron chi connectivity index (χ3n) is 2.86. The molecular formula is C11H17N3O2S. The van der Waals surface area contributed by atoms with Gasteiger partial charge in [0.05, 0.1) is 11.8 Å². The number of thiazole rings is 1. The lowest BCUT2D eigenvalue weighted by Crippen LogP contribution is -2.36. The fraction of sp³-hybridized carbons (Fsp3) is 0.636. The predicted molar refractivity (Wildman–Crippen MR) is 67.2 cm³/mol. The number of carbonyl (C=O) groups is 1. The van der Waals surface area contributed by atoms with E-state index >= 15 is 0 Å². The molecular weight excluding hydrogens is 238 g/mol. The van der Waals surface area contributed by atoms with Gasteiger partial charge in [-0.15, -0.1) is 11.3 Å². The number of aliphatic hydroxyl groups excluding tert-OH is 1. The molecule has 0 bridgehead atoms. The Hall–Kier alpha value is -1.14. The molecule has 94 valence electrons. The van der Waals surface area contributed by atoms with Crippen molar-refractivity contribution in [3.05, 3.63) is 11.1 Å². The molecule has 3 N–H and O–H groups in total. The Bertz CT molecular complexity index is 386. The Kier molecular flexibility index (Phi) is 3.96. The Labute approximate surface area is 104 Å². The van der Waals surface area contributed by atoms with Crippen molar-refractivity contribution in [3.63, 3.8) is 0 Å².